The van der Waals surface area contributed by atoms with Crippen molar-refractivity contribution < 1.29 is 12.8 Å². The van der Waals surface area contributed by atoms with E-state index in [-0.39, 0.29) is 5.09 Å². The molecule has 0 radical (unpaired) electrons. The van der Waals surface area contributed by atoms with Crippen LogP contribution in [0.3, 0.4) is 0 Å². The molecule has 0 fully saturated rings. The third-order valence-electron chi connectivity index (χ3n) is 1.56. The van der Waals surface area contributed by atoms with E-state index in [4.69, 9.17) is 4.42 Å². The van der Waals surface area contributed by atoms with Gasteiger partial charge in [-0.05, 0) is 19.2 Å². The number of sulfonamides is 1. The fourth-order valence-electron chi connectivity index (χ4n) is 1.06. The molecule has 0 saturated heterocycles. The Morgan fingerprint density at radius 3 is 2.60 bits per heavy atom. The van der Waals surface area contributed by atoms with Crippen LogP contribution in [-0.2, 0) is 16.6 Å². The molecule has 15 heavy (non-hydrogen) atoms. The first-order chi connectivity index (χ1) is 6.95. The SMILES string of the molecule is CNCc1ccc(S(=O)(=O)NN(C)C)o1. The Labute approximate surface area is 89.3 Å². The van der Waals surface area contributed by atoms with Crippen LogP contribution >= 0.6 is 0 Å². The van der Waals surface area contributed by atoms with Gasteiger partial charge in [-0.2, -0.15) is 0 Å². The Morgan fingerprint density at radius 2 is 2.07 bits per heavy atom. The van der Waals surface area contributed by atoms with Crippen LogP contribution in [0.2, 0.25) is 0 Å². The first-order valence-electron chi connectivity index (χ1n) is 4.39. The molecule has 0 spiro atoms. The van der Waals surface area contributed by atoms with E-state index in [1.807, 2.05) is 0 Å². The van der Waals surface area contributed by atoms with Crippen LogP contribution in [0.5, 0.6) is 0 Å². The summed E-state index contributed by atoms with van der Waals surface area (Å²) in [5.41, 5.74) is 0. The van der Waals surface area contributed by atoms with Gasteiger partial charge in [-0.15, -0.1) is 4.83 Å². The van der Waals surface area contributed by atoms with Crippen molar-refractivity contribution >= 4 is 10.0 Å². The minimum atomic E-state index is -3.58. The lowest BCUT2D eigenvalue weighted by molar-refractivity contribution is 0.347. The third-order valence-corrected chi connectivity index (χ3v) is 2.91. The zero-order chi connectivity index (χ0) is 11.5. The lowest BCUT2D eigenvalue weighted by Gasteiger charge is -2.10. The van der Waals surface area contributed by atoms with E-state index in [0.29, 0.717) is 12.3 Å². The third kappa shape index (κ3) is 3.31. The molecule has 0 bridgehead atoms. The van der Waals surface area contributed by atoms with Gasteiger partial charge in [0.15, 0.2) is 0 Å². The maximum atomic E-state index is 11.6. The number of rotatable bonds is 5. The summed E-state index contributed by atoms with van der Waals surface area (Å²) in [6.45, 7) is 0.498. The minimum absolute atomic E-state index is 0.0820. The minimum Gasteiger partial charge on any atom is -0.447 e. The van der Waals surface area contributed by atoms with E-state index >= 15 is 0 Å². The molecule has 2 N–H and O–H groups in total. The van der Waals surface area contributed by atoms with Crippen molar-refractivity contribution in [1.29, 1.82) is 0 Å². The first kappa shape index (κ1) is 12.2. The molecule has 1 aromatic rings. The van der Waals surface area contributed by atoms with E-state index in [1.165, 1.54) is 11.1 Å². The molecule has 0 amide bonds. The van der Waals surface area contributed by atoms with Crippen molar-refractivity contribution in [2.75, 3.05) is 21.1 Å². The highest BCUT2D eigenvalue weighted by Gasteiger charge is 2.18. The predicted octanol–water partition coefficient (Wildman–Crippen LogP) is -0.246. The summed E-state index contributed by atoms with van der Waals surface area (Å²) in [6, 6.07) is 3.05. The molecule has 0 aliphatic heterocycles. The van der Waals surface area contributed by atoms with Crippen LogP contribution in [0, 0.1) is 0 Å². The fraction of sp³-hybridized carbons (Fsp3) is 0.500. The largest absolute Gasteiger partial charge is 0.447 e. The summed E-state index contributed by atoms with van der Waals surface area (Å²) < 4.78 is 28.3. The highest BCUT2D eigenvalue weighted by atomic mass is 32.2. The number of nitrogens with zero attached hydrogens (tertiary/aromatic N) is 1. The van der Waals surface area contributed by atoms with Gasteiger partial charge in [0.2, 0.25) is 5.09 Å². The van der Waals surface area contributed by atoms with E-state index in [2.05, 4.69) is 10.1 Å². The predicted molar refractivity (Wildman–Crippen MR) is 55.5 cm³/mol. The Kier molecular flexibility index (Phi) is 3.86. The van der Waals surface area contributed by atoms with Crippen LogP contribution in [0.1, 0.15) is 5.76 Å². The van der Waals surface area contributed by atoms with E-state index in [1.54, 1.807) is 27.2 Å². The number of furan rings is 1. The Morgan fingerprint density at radius 1 is 1.40 bits per heavy atom. The molecular formula is C8H15N3O3S. The summed E-state index contributed by atoms with van der Waals surface area (Å²) in [6.07, 6.45) is 0. The quantitative estimate of drug-likeness (QED) is 0.686. The van der Waals surface area contributed by atoms with Gasteiger partial charge in [-0.3, -0.25) is 0 Å². The maximum absolute atomic E-state index is 11.6. The van der Waals surface area contributed by atoms with Gasteiger partial charge in [-0.25, -0.2) is 13.4 Å². The monoisotopic (exact) mass is 233 g/mol. The maximum Gasteiger partial charge on any atom is 0.286 e. The van der Waals surface area contributed by atoms with Crippen molar-refractivity contribution in [3.05, 3.63) is 17.9 Å². The van der Waals surface area contributed by atoms with E-state index in [9.17, 15) is 8.42 Å². The molecule has 0 saturated carbocycles. The van der Waals surface area contributed by atoms with Gasteiger partial charge in [-0.1, -0.05) is 0 Å². The zero-order valence-electron chi connectivity index (χ0n) is 8.94. The summed E-state index contributed by atoms with van der Waals surface area (Å²) in [7, 11) is 1.37. The average molecular weight is 233 g/mol. The number of hydrogen-bond acceptors (Lipinski definition) is 5. The van der Waals surface area contributed by atoms with Gasteiger partial charge in [0.25, 0.3) is 10.0 Å². The molecule has 7 heteroatoms. The van der Waals surface area contributed by atoms with Crippen LogP contribution in [0.25, 0.3) is 0 Å². The second kappa shape index (κ2) is 4.75. The highest BCUT2D eigenvalue weighted by molar-refractivity contribution is 7.89. The Hall–Kier alpha value is -0.890. The average Bonchev–Trinajstić information content (AvgIpc) is 2.51. The molecule has 1 aromatic heterocycles. The zero-order valence-corrected chi connectivity index (χ0v) is 9.76. The molecule has 0 atom stereocenters. The molecule has 0 aliphatic rings. The Bertz CT molecular complexity index is 411. The van der Waals surface area contributed by atoms with Crippen LogP contribution in [-0.4, -0.2) is 34.6 Å². The summed E-state index contributed by atoms with van der Waals surface area (Å²) in [5.74, 6) is 0.580. The molecule has 0 aromatic carbocycles. The van der Waals surface area contributed by atoms with Crippen molar-refractivity contribution in [3.8, 4) is 0 Å². The van der Waals surface area contributed by atoms with E-state index < -0.39 is 10.0 Å². The first-order valence-corrected chi connectivity index (χ1v) is 5.87. The van der Waals surface area contributed by atoms with Crippen LogP contribution in [0.15, 0.2) is 21.6 Å². The van der Waals surface area contributed by atoms with Gasteiger partial charge in [0.1, 0.15) is 5.76 Å². The summed E-state index contributed by atoms with van der Waals surface area (Å²) in [4.78, 5) is 2.28. The lowest BCUT2D eigenvalue weighted by Crippen LogP contribution is -2.35. The standard InChI is InChI=1S/C8H15N3O3S/c1-9-6-7-4-5-8(14-7)15(12,13)10-11(2)3/h4-5,9-10H,6H2,1-3H3. The van der Waals surface area contributed by atoms with Crippen LogP contribution in [0.4, 0.5) is 0 Å². The van der Waals surface area contributed by atoms with Gasteiger partial charge < -0.3 is 9.73 Å². The van der Waals surface area contributed by atoms with Gasteiger partial charge >= 0.3 is 0 Å². The number of hydrazine groups is 1. The fourth-order valence-corrected chi connectivity index (χ4v) is 2.09. The van der Waals surface area contributed by atoms with Crippen molar-refractivity contribution in [1.82, 2.24) is 15.2 Å². The highest BCUT2D eigenvalue weighted by Crippen LogP contribution is 2.13. The molecular weight excluding hydrogens is 218 g/mol. The molecule has 0 aliphatic carbocycles. The smallest absolute Gasteiger partial charge is 0.286 e. The Balaban J connectivity index is 2.86. The molecule has 6 nitrogen and oxygen atoms in total. The van der Waals surface area contributed by atoms with Crippen molar-refractivity contribution in [3.63, 3.8) is 0 Å². The second-order valence-corrected chi connectivity index (χ2v) is 4.83. The van der Waals surface area contributed by atoms with Crippen molar-refractivity contribution in [2.45, 2.75) is 11.6 Å². The van der Waals surface area contributed by atoms with Crippen LogP contribution < -0.4 is 10.1 Å². The van der Waals surface area contributed by atoms with Gasteiger partial charge in [0.05, 0.1) is 6.54 Å². The summed E-state index contributed by atoms with van der Waals surface area (Å²) >= 11 is 0. The van der Waals surface area contributed by atoms with E-state index in [0.717, 1.165) is 0 Å². The van der Waals surface area contributed by atoms with Crippen molar-refractivity contribution in [2.24, 2.45) is 0 Å². The molecule has 86 valence electrons. The lowest BCUT2D eigenvalue weighted by atomic mass is 10.4. The molecule has 0 unspecified atom stereocenters. The number of hydrogen-bond donors (Lipinski definition) is 2. The molecule has 1 heterocycles. The summed E-state index contributed by atoms with van der Waals surface area (Å²) in [5, 5.41) is 4.13. The topological polar surface area (TPSA) is 74.6 Å². The second-order valence-electron chi connectivity index (χ2n) is 3.24. The number of nitrogens with one attached hydrogen (secondary N) is 2. The van der Waals surface area contributed by atoms with Gasteiger partial charge in [0, 0.05) is 14.1 Å². The normalized spacial score (nSPS) is 12.3. The molecule has 1 rings (SSSR count).